The molecule has 0 amide bonds. The molecule has 1 heterocycles. The third kappa shape index (κ3) is 10.4. The van der Waals surface area contributed by atoms with E-state index in [1.807, 2.05) is 42.5 Å². The molecule has 3 aromatic carbocycles. The first-order valence-electron chi connectivity index (χ1n) is 16.0. The molecule has 48 heavy (non-hydrogen) atoms. The topological polar surface area (TPSA) is 120 Å². The van der Waals surface area contributed by atoms with Gasteiger partial charge in [-0.3, -0.25) is 0 Å². The monoisotopic (exact) mass is 689 g/mol. The van der Waals surface area contributed by atoms with Gasteiger partial charge in [-0.15, -0.1) is 6.61 Å². The first kappa shape index (κ1) is 42.7. The van der Waals surface area contributed by atoms with Crippen LogP contribution in [0.15, 0.2) is 66.7 Å². The molecule has 4 rings (SSSR count). The molecule has 6 nitrogen and oxygen atoms in total. The average molecular weight is 690 g/mol. The van der Waals surface area contributed by atoms with Crippen LogP contribution in [-0.2, 0) is 52.3 Å². The van der Waals surface area contributed by atoms with E-state index in [1.165, 1.54) is 0 Å². The van der Waals surface area contributed by atoms with Gasteiger partial charge in [-0.05, 0) is 91.4 Å². The molecule has 0 atom stereocenters. The zero-order chi connectivity index (χ0) is 34.8. The van der Waals surface area contributed by atoms with E-state index in [0.717, 1.165) is 33.6 Å². The van der Waals surface area contributed by atoms with E-state index in [1.54, 1.807) is 31.4 Å². The average Bonchev–Trinajstić information content (AvgIpc) is 2.95. The molecule has 4 aromatic rings. The summed E-state index contributed by atoms with van der Waals surface area (Å²) in [5, 5.41) is 37.6. The zero-order valence-electron chi connectivity index (χ0n) is 31.0. The van der Waals surface area contributed by atoms with Crippen LogP contribution in [0.5, 0.6) is 17.2 Å². The molecule has 7 heteroatoms. The zero-order valence-corrected chi connectivity index (χ0v) is 32.4. The van der Waals surface area contributed by atoms with Crippen LogP contribution in [0.25, 0.3) is 22.5 Å². The fourth-order valence-corrected chi connectivity index (χ4v) is 5.07. The Kier molecular flexibility index (Phi) is 14.2. The molecule has 261 valence electrons. The second-order valence-electron chi connectivity index (χ2n) is 16.2. The molecule has 0 unspecified atom stereocenters. The largest absolute Gasteiger partial charge is 2.00 e. The summed E-state index contributed by atoms with van der Waals surface area (Å²) in [6.45, 7) is 25.2. The number of hydrogen-bond donors (Lipinski definition) is 0. The van der Waals surface area contributed by atoms with Crippen LogP contribution in [0.1, 0.15) is 111 Å². The summed E-state index contributed by atoms with van der Waals surface area (Å²) in [7, 11) is 1.60. The van der Waals surface area contributed by atoms with Crippen LogP contribution < -0.4 is 20.1 Å². The van der Waals surface area contributed by atoms with Gasteiger partial charge in [0.1, 0.15) is 5.75 Å². The fraction of sp³-hybridized carbons (Fsp3) is 0.439. The molecule has 0 N–H and O–H groups in total. The normalized spacial score (nSPS) is 11.9. The number of nitrogens with zero attached hydrogens (tertiary/aromatic N) is 1. The number of benzene rings is 3. The second-order valence-corrected chi connectivity index (χ2v) is 16.2. The maximum atomic E-state index is 13.7. The van der Waals surface area contributed by atoms with Crippen LogP contribution in [-0.4, -0.2) is 12.1 Å². The van der Waals surface area contributed by atoms with E-state index in [9.17, 15) is 15.3 Å². The predicted molar refractivity (Wildman–Crippen MR) is 186 cm³/mol. The third-order valence-electron chi connectivity index (χ3n) is 8.15. The third-order valence-corrected chi connectivity index (χ3v) is 8.15. The van der Waals surface area contributed by atoms with Crippen molar-refractivity contribution >= 4 is 0 Å². The Labute approximate surface area is 300 Å². The summed E-state index contributed by atoms with van der Waals surface area (Å²) in [6.07, 6.45) is 0. The maximum absolute atomic E-state index is 13.7. The van der Waals surface area contributed by atoms with Crippen LogP contribution in [0.2, 0.25) is 0 Å². The molecule has 0 saturated carbocycles. The van der Waals surface area contributed by atoms with Crippen molar-refractivity contribution in [3.63, 3.8) is 0 Å². The number of pyridine rings is 1. The minimum atomic E-state index is -0.296. The van der Waals surface area contributed by atoms with Crippen molar-refractivity contribution in [2.45, 2.75) is 111 Å². The molecular formula is C41H52NO5V-5. The van der Waals surface area contributed by atoms with E-state index in [4.69, 9.17) is 9.72 Å². The number of rotatable bonds is 4. The van der Waals surface area contributed by atoms with Gasteiger partial charge in [-0.25, -0.2) is 4.98 Å². The van der Waals surface area contributed by atoms with Crippen molar-refractivity contribution in [3.05, 3.63) is 94.5 Å². The van der Waals surface area contributed by atoms with E-state index in [-0.39, 0.29) is 63.8 Å². The minimum Gasteiger partial charge on any atom is -2.00 e. The Morgan fingerprint density at radius 1 is 0.583 bits per heavy atom. The van der Waals surface area contributed by atoms with Gasteiger partial charge in [0, 0.05) is 18.6 Å². The molecule has 0 aliphatic heterocycles. The summed E-state index contributed by atoms with van der Waals surface area (Å²) in [6, 6.07) is 20.8. The molecule has 0 bridgehead atoms. The summed E-state index contributed by atoms with van der Waals surface area (Å²) in [4.78, 5) is 4.93. The first-order valence-corrected chi connectivity index (χ1v) is 16.0. The molecule has 1 radical (unpaired) electrons. The Bertz CT molecular complexity index is 1530. The number of aromatic nitrogens is 1. The van der Waals surface area contributed by atoms with Crippen molar-refractivity contribution in [1.82, 2.24) is 4.98 Å². The van der Waals surface area contributed by atoms with Crippen LogP contribution in [0, 0.1) is 0 Å². The standard InChI is InChI=1S/C33H45NO2.C8H9O2.O.V/c1-30(2,3)20-16-22(28(35)24(18-20)32(7,8)9)26-14-13-15-27(34-26)23-17-21(31(4,5)6)19-25(29(23)36)33(10,11)12;1-10-8-4-2-7(6-9)3-5-8;;/h13-19,35-36H,1-12H3;2-5H,6H2,1H3;;/q;-1;-2;/p-2. The molecule has 1 aromatic heterocycles. The SMILES string of the molecule is CC(C)(C)c1cc(-c2cccc(-c3cc(C(C)(C)C)cc(C(C)(C)C)c3[O-])n2)c([O-])c(C(C)(C)C)c1.COc1ccc(C[O-])cc1.[O-2].[V]. The Hall–Kier alpha value is -3.29. The molecule has 0 aliphatic carbocycles. The van der Waals surface area contributed by atoms with Gasteiger partial charge in [0.2, 0.25) is 0 Å². The summed E-state index contributed by atoms with van der Waals surface area (Å²) in [5.74, 6) is 0.792. The quantitative estimate of drug-likeness (QED) is 0.214. The Balaban J connectivity index is 0.000000823. The summed E-state index contributed by atoms with van der Waals surface area (Å²) in [5.41, 5.74) is 6.11. The van der Waals surface area contributed by atoms with E-state index >= 15 is 0 Å². The van der Waals surface area contributed by atoms with Crippen molar-refractivity contribution in [2.24, 2.45) is 0 Å². The van der Waals surface area contributed by atoms with Gasteiger partial charge in [0.15, 0.2) is 0 Å². The van der Waals surface area contributed by atoms with Crippen molar-refractivity contribution < 1.29 is 44.1 Å². The Morgan fingerprint density at radius 2 is 0.958 bits per heavy atom. The second kappa shape index (κ2) is 15.9. The smallest absolute Gasteiger partial charge is 0.118 e. The van der Waals surface area contributed by atoms with Gasteiger partial charge < -0.3 is 25.5 Å². The maximum Gasteiger partial charge on any atom is 0.118 e. The molecule has 0 aliphatic rings. The summed E-state index contributed by atoms with van der Waals surface area (Å²) >= 11 is 0. The van der Waals surface area contributed by atoms with Crippen molar-refractivity contribution in [3.8, 4) is 39.8 Å². The first-order chi connectivity index (χ1) is 21.1. The van der Waals surface area contributed by atoms with Gasteiger partial charge >= 0.3 is 0 Å². The fourth-order valence-electron chi connectivity index (χ4n) is 5.07. The van der Waals surface area contributed by atoms with Gasteiger partial charge in [0.05, 0.1) is 18.5 Å². The van der Waals surface area contributed by atoms with Gasteiger partial charge in [-0.2, -0.15) is 0 Å². The van der Waals surface area contributed by atoms with Crippen LogP contribution in [0.4, 0.5) is 0 Å². The number of methoxy groups -OCH3 is 1. The predicted octanol–water partition coefficient (Wildman–Crippen LogP) is 8.19. The van der Waals surface area contributed by atoms with Crippen molar-refractivity contribution in [1.29, 1.82) is 0 Å². The Morgan fingerprint density at radius 3 is 1.25 bits per heavy atom. The molecule has 0 saturated heterocycles. The molecular weight excluding hydrogens is 637 g/mol. The molecule has 0 spiro atoms. The number of hydrogen-bond acceptors (Lipinski definition) is 5. The van der Waals surface area contributed by atoms with Crippen LogP contribution in [0.3, 0.4) is 0 Å². The van der Waals surface area contributed by atoms with E-state index in [0.29, 0.717) is 22.5 Å². The van der Waals surface area contributed by atoms with Gasteiger partial charge in [0.25, 0.3) is 0 Å². The van der Waals surface area contributed by atoms with E-state index < -0.39 is 0 Å². The minimum absolute atomic E-state index is 0. The summed E-state index contributed by atoms with van der Waals surface area (Å²) < 4.78 is 4.91. The van der Waals surface area contributed by atoms with Gasteiger partial charge in [-0.1, -0.05) is 130 Å². The number of ether oxygens (including phenoxy) is 1. The van der Waals surface area contributed by atoms with Crippen LogP contribution >= 0.6 is 0 Å². The van der Waals surface area contributed by atoms with Crippen molar-refractivity contribution in [2.75, 3.05) is 7.11 Å². The molecule has 0 fully saturated rings. The van der Waals surface area contributed by atoms with E-state index in [2.05, 4.69) is 83.1 Å².